The number of rotatable bonds is 4. The van der Waals surface area contributed by atoms with Crippen molar-refractivity contribution in [3.05, 3.63) is 100 Å². The molecule has 1 heterocycles. The van der Waals surface area contributed by atoms with E-state index in [1.54, 1.807) is 18.2 Å². The number of para-hydroxylation sites is 1. The van der Waals surface area contributed by atoms with Gasteiger partial charge in [-0.1, -0.05) is 55.0 Å². The van der Waals surface area contributed by atoms with Gasteiger partial charge in [0.2, 0.25) is 0 Å². The van der Waals surface area contributed by atoms with E-state index in [2.05, 4.69) is 12.2 Å². The largest absolute Gasteiger partial charge is 0.454 e. The zero-order chi connectivity index (χ0) is 20.4. The van der Waals surface area contributed by atoms with Crippen molar-refractivity contribution in [2.24, 2.45) is 0 Å². The smallest absolute Gasteiger partial charge is 0.339 e. The lowest BCUT2D eigenvalue weighted by atomic mass is 9.92. The maximum atomic E-state index is 12.8. The summed E-state index contributed by atoms with van der Waals surface area (Å²) < 4.78 is 5.63. The zero-order valence-electron chi connectivity index (χ0n) is 16.6. The molecule has 1 amide bonds. The van der Waals surface area contributed by atoms with Gasteiger partial charge in [0, 0.05) is 17.7 Å². The van der Waals surface area contributed by atoms with Gasteiger partial charge in [0.15, 0.2) is 0 Å². The van der Waals surface area contributed by atoms with E-state index in [1.807, 2.05) is 55.5 Å². The van der Waals surface area contributed by atoms with Crippen LogP contribution in [0.4, 0.5) is 5.69 Å². The second-order valence-corrected chi connectivity index (χ2v) is 7.35. The van der Waals surface area contributed by atoms with Crippen molar-refractivity contribution in [1.29, 1.82) is 0 Å². The fourth-order valence-corrected chi connectivity index (χ4v) is 3.65. The van der Waals surface area contributed by atoms with Crippen molar-refractivity contribution < 1.29 is 14.3 Å². The van der Waals surface area contributed by atoms with E-state index in [9.17, 15) is 9.59 Å². The summed E-state index contributed by atoms with van der Waals surface area (Å²) in [6, 6.07) is 20.9. The third-order valence-electron chi connectivity index (χ3n) is 5.34. The normalized spacial score (nSPS) is 15.4. The molecule has 0 aromatic heterocycles. The van der Waals surface area contributed by atoms with Gasteiger partial charge >= 0.3 is 5.97 Å². The Morgan fingerprint density at radius 1 is 1.07 bits per heavy atom. The van der Waals surface area contributed by atoms with Crippen molar-refractivity contribution in [2.45, 2.75) is 32.8 Å². The van der Waals surface area contributed by atoms with Crippen LogP contribution >= 0.6 is 0 Å². The van der Waals surface area contributed by atoms with E-state index in [0.29, 0.717) is 17.5 Å². The minimum absolute atomic E-state index is 0.181. The molecule has 29 heavy (non-hydrogen) atoms. The standard InChI is InChI=1S/C25H23NO3/c1-3-17-6-4-5-7-22(17)26-24(27)19-12-13-21-20(14-19)15-23(29-25(21)28)18-10-8-16(2)9-11-18/h4-14,23H,3,15H2,1-2H3,(H,26,27)/t23-/m1/s1. The Bertz CT molecular complexity index is 1070. The molecule has 0 radical (unpaired) electrons. The predicted molar refractivity (Wildman–Crippen MR) is 113 cm³/mol. The third-order valence-corrected chi connectivity index (χ3v) is 5.34. The summed E-state index contributed by atoms with van der Waals surface area (Å²) in [5.41, 5.74) is 5.91. The van der Waals surface area contributed by atoms with Crippen LogP contribution in [0.1, 0.15) is 56.0 Å². The Morgan fingerprint density at radius 2 is 1.83 bits per heavy atom. The Balaban J connectivity index is 1.59. The molecule has 3 aromatic carbocycles. The number of nitrogens with one attached hydrogen (secondary N) is 1. The Labute approximate surface area is 170 Å². The lowest BCUT2D eigenvalue weighted by Crippen LogP contribution is -2.23. The first-order chi connectivity index (χ1) is 14.0. The summed E-state index contributed by atoms with van der Waals surface area (Å²) >= 11 is 0. The third kappa shape index (κ3) is 3.92. The number of hydrogen-bond acceptors (Lipinski definition) is 3. The molecule has 0 fully saturated rings. The van der Waals surface area contributed by atoms with Gasteiger partial charge in [0.25, 0.3) is 5.91 Å². The summed E-state index contributed by atoms with van der Waals surface area (Å²) in [5.74, 6) is -0.528. The first-order valence-electron chi connectivity index (χ1n) is 9.85. The van der Waals surface area contributed by atoms with Crippen LogP contribution in [0.2, 0.25) is 0 Å². The van der Waals surface area contributed by atoms with Crippen LogP contribution in [-0.2, 0) is 17.6 Å². The number of aryl methyl sites for hydroxylation is 2. The molecule has 0 unspecified atom stereocenters. The van der Waals surface area contributed by atoms with Crippen molar-refractivity contribution in [3.63, 3.8) is 0 Å². The Hall–Kier alpha value is -3.40. The molecule has 0 saturated heterocycles. The van der Waals surface area contributed by atoms with E-state index in [-0.39, 0.29) is 18.0 Å². The number of cyclic esters (lactones) is 1. The molecule has 0 spiro atoms. The van der Waals surface area contributed by atoms with Crippen molar-refractivity contribution in [3.8, 4) is 0 Å². The molecule has 0 saturated carbocycles. The number of benzene rings is 3. The highest BCUT2D eigenvalue weighted by Gasteiger charge is 2.28. The highest BCUT2D eigenvalue weighted by molar-refractivity contribution is 6.05. The summed E-state index contributed by atoms with van der Waals surface area (Å²) in [6.07, 6.45) is 1.05. The van der Waals surface area contributed by atoms with Gasteiger partial charge in [-0.3, -0.25) is 4.79 Å². The van der Waals surface area contributed by atoms with Crippen LogP contribution in [-0.4, -0.2) is 11.9 Å². The second-order valence-electron chi connectivity index (χ2n) is 7.35. The van der Waals surface area contributed by atoms with Crippen LogP contribution in [0.25, 0.3) is 0 Å². The number of carbonyl (C=O) groups excluding carboxylic acids is 2. The van der Waals surface area contributed by atoms with Crippen LogP contribution in [0.3, 0.4) is 0 Å². The lowest BCUT2D eigenvalue weighted by molar-refractivity contribution is 0.0252. The molecule has 4 heteroatoms. The molecular weight excluding hydrogens is 362 g/mol. The number of esters is 1. The molecule has 0 bridgehead atoms. The van der Waals surface area contributed by atoms with Gasteiger partial charge in [-0.25, -0.2) is 4.79 Å². The highest BCUT2D eigenvalue weighted by Crippen LogP contribution is 2.31. The minimum atomic E-state index is -0.347. The summed E-state index contributed by atoms with van der Waals surface area (Å²) in [5, 5.41) is 2.99. The van der Waals surface area contributed by atoms with E-state index in [0.717, 1.165) is 34.4 Å². The number of fused-ring (bicyclic) bond motifs is 1. The number of ether oxygens (including phenoxy) is 1. The molecule has 3 aromatic rings. The SMILES string of the molecule is CCc1ccccc1NC(=O)c1ccc2c(c1)C[C@H](c1ccc(C)cc1)OC2=O. The topological polar surface area (TPSA) is 55.4 Å². The van der Waals surface area contributed by atoms with Crippen molar-refractivity contribution in [2.75, 3.05) is 5.32 Å². The van der Waals surface area contributed by atoms with Crippen LogP contribution in [0, 0.1) is 6.92 Å². The average molecular weight is 385 g/mol. The first-order valence-corrected chi connectivity index (χ1v) is 9.85. The van der Waals surface area contributed by atoms with Crippen LogP contribution in [0.15, 0.2) is 66.7 Å². The second kappa shape index (κ2) is 7.92. The Kier molecular flexibility index (Phi) is 5.17. The fourth-order valence-electron chi connectivity index (χ4n) is 3.65. The van der Waals surface area contributed by atoms with Crippen molar-refractivity contribution in [1.82, 2.24) is 0 Å². The van der Waals surface area contributed by atoms with E-state index in [4.69, 9.17) is 4.74 Å². The monoisotopic (exact) mass is 385 g/mol. The van der Waals surface area contributed by atoms with Gasteiger partial charge in [-0.05, 0) is 54.3 Å². The van der Waals surface area contributed by atoms with E-state index in [1.165, 1.54) is 0 Å². The average Bonchev–Trinajstić information content (AvgIpc) is 2.74. The number of anilines is 1. The molecule has 146 valence electrons. The molecular formula is C25H23NO3. The maximum Gasteiger partial charge on any atom is 0.339 e. The quantitative estimate of drug-likeness (QED) is 0.623. The number of hydrogen-bond donors (Lipinski definition) is 1. The molecule has 4 nitrogen and oxygen atoms in total. The zero-order valence-corrected chi connectivity index (χ0v) is 16.6. The summed E-state index contributed by atoms with van der Waals surface area (Å²) in [4.78, 5) is 25.3. The van der Waals surface area contributed by atoms with Crippen molar-refractivity contribution >= 4 is 17.6 Å². The van der Waals surface area contributed by atoms with Crippen LogP contribution in [0.5, 0.6) is 0 Å². The number of carbonyl (C=O) groups is 2. The molecule has 1 N–H and O–H groups in total. The van der Waals surface area contributed by atoms with Gasteiger partial charge in [0.05, 0.1) is 5.56 Å². The molecule has 1 atom stereocenters. The molecule has 1 aliphatic heterocycles. The van der Waals surface area contributed by atoms with E-state index >= 15 is 0 Å². The molecule has 0 aliphatic carbocycles. The van der Waals surface area contributed by atoms with Crippen LogP contribution < -0.4 is 5.32 Å². The van der Waals surface area contributed by atoms with Gasteiger partial charge in [-0.15, -0.1) is 0 Å². The summed E-state index contributed by atoms with van der Waals surface area (Å²) in [6.45, 7) is 4.08. The first kappa shape index (κ1) is 18.9. The van der Waals surface area contributed by atoms with E-state index < -0.39 is 0 Å². The Morgan fingerprint density at radius 3 is 2.59 bits per heavy atom. The predicted octanol–water partition coefficient (Wildman–Crippen LogP) is 5.26. The fraction of sp³-hybridized carbons (Fsp3) is 0.200. The maximum absolute atomic E-state index is 12.8. The highest BCUT2D eigenvalue weighted by atomic mass is 16.5. The minimum Gasteiger partial charge on any atom is -0.454 e. The lowest BCUT2D eigenvalue weighted by Gasteiger charge is -2.25. The summed E-state index contributed by atoms with van der Waals surface area (Å²) in [7, 11) is 0. The molecule has 4 rings (SSSR count). The van der Waals surface area contributed by atoms with Gasteiger partial charge in [0.1, 0.15) is 6.10 Å². The number of amides is 1. The molecule has 1 aliphatic rings. The van der Waals surface area contributed by atoms with Gasteiger partial charge in [-0.2, -0.15) is 0 Å². The van der Waals surface area contributed by atoms with Gasteiger partial charge < -0.3 is 10.1 Å².